The van der Waals surface area contributed by atoms with Gasteiger partial charge in [-0.3, -0.25) is 4.79 Å². The Morgan fingerprint density at radius 1 is 1.33 bits per heavy atom. The number of hydrogen-bond donors (Lipinski definition) is 1. The van der Waals surface area contributed by atoms with Crippen molar-refractivity contribution in [3.63, 3.8) is 0 Å². The van der Waals surface area contributed by atoms with E-state index in [0.717, 1.165) is 11.0 Å². The van der Waals surface area contributed by atoms with Crippen LogP contribution in [0.25, 0.3) is 0 Å². The lowest BCUT2D eigenvalue weighted by Crippen LogP contribution is -2.45. The molecule has 0 aromatic rings. The van der Waals surface area contributed by atoms with Gasteiger partial charge < -0.3 is 15.0 Å². The summed E-state index contributed by atoms with van der Waals surface area (Å²) in [4.78, 5) is 11.3. The Kier molecular flexibility index (Phi) is 5.83. The molecule has 1 atom stereocenters. The number of carbonyl (C=O) groups is 1. The third-order valence-corrected chi connectivity index (χ3v) is 1.79. The Labute approximate surface area is 93.0 Å². The molecule has 90 valence electrons. The van der Waals surface area contributed by atoms with Gasteiger partial charge in [-0.2, -0.15) is 0 Å². The molecule has 2 N–H and O–H groups in total. The van der Waals surface area contributed by atoms with Crippen molar-refractivity contribution in [3.05, 3.63) is 0 Å². The lowest BCUT2D eigenvalue weighted by atomic mass is 10.2. The fourth-order valence-electron chi connectivity index (χ4n) is 1.30. The van der Waals surface area contributed by atoms with Crippen LogP contribution in [0.5, 0.6) is 0 Å². The van der Waals surface area contributed by atoms with E-state index in [9.17, 15) is 4.79 Å². The van der Waals surface area contributed by atoms with Gasteiger partial charge in [-0.05, 0) is 5.92 Å². The first-order chi connectivity index (χ1) is 6.70. The third kappa shape index (κ3) is 9.69. The van der Waals surface area contributed by atoms with Gasteiger partial charge in [0.25, 0.3) is 0 Å². The summed E-state index contributed by atoms with van der Waals surface area (Å²) in [6, 6.07) is -0.121. The summed E-state index contributed by atoms with van der Waals surface area (Å²) < 4.78 is 5.83. The highest BCUT2D eigenvalue weighted by molar-refractivity contribution is 5.70. The van der Waals surface area contributed by atoms with Crippen molar-refractivity contribution in [1.29, 1.82) is 0 Å². The highest BCUT2D eigenvalue weighted by atomic mass is 16.5. The second-order valence-corrected chi connectivity index (χ2v) is 5.51. The molecule has 4 nitrogen and oxygen atoms in total. The zero-order valence-corrected chi connectivity index (χ0v) is 10.6. The number of nitrogens with zero attached hydrogens (tertiary/aromatic N) is 1. The van der Waals surface area contributed by atoms with E-state index >= 15 is 0 Å². The molecule has 0 unspecified atom stereocenters. The van der Waals surface area contributed by atoms with E-state index in [2.05, 4.69) is 21.1 Å². The number of rotatable bonds is 6. The molecule has 0 aromatic heterocycles. The number of nitrogens with two attached hydrogens (primary N) is 1. The number of esters is 1. The monoisotopic (exact) mass is 217 g/mol. The summed E-state index contributed by atoms with van der Waals surface area (Å²) in [5.41, 5.74) is 5.85. The molecular formula is C11H25N2O2+. The minimum absolute atomic E-state index is 0.121. The Morgan fingerprint density at radius 2 is 1.87 bits per heavy atom. The maximum absolute atomic E-state index is 11.3. The Morgan fingerprint density at radius 3 is 2.27 bits per heavy atom. The lowest BCUT2D eigenvalue weighted by molar-refractivity contribution is -0.871. The number of likely N-dealkylation sites (N-methyl/N-ethyl adjacent to an activating group) is 1. The number of quaternary nitrogens is 1. The Bertz CT molecular complexity index is 197. The van der Waals surface area contributed by atoms with Gasteiger partial charge in [0, 0.05) is 0 Å². The number of ether oxygens (including phenoxy) is 1. The second-order valence-electron chi connectivity index (χ2n) is 5.51. The first-order valence-electron chi connectivity index (χ1n) is 5.42. The summed E-state index contributed by atoms with van der Waals surface area (Å²) >= 11 is 0. The molecule has 0 saturated carbocycles. The molecule has 0 spiro atoms. The molecule has 0 aromatic carbocycles. The molecule has 0 fully saturated rings. The molecule has 0 aliphatic carbocycles. The van der Waals surface area contributed by atoms with Gasteiger partial charge in [-0.1, -0.05) is 13.8 Å². The average molecular weight is 217 g/mol. The summed E-state index contributed by atoms with van der Waals surface area (Å²) in [7, 11) is 6.16. The SMILES string of the molecule is CC(C)COC(=O)C[C@@H](N)C[N+](C)(C)C. The summed E-state index contributed by atoms with van der Waals surface area (Å²) in [6.07, 6.45) is 0.308. The van der Waals surface area contributed by atoms with E-state index < -0.39 is 0 Å². The van der Waals surface area contributed by atoms with Crippen LogP contribution in [0, 0.1) is 5.92 Å². The first-order valence-corrected chi connectivity index (χ1v) is 5.42. The minimum atomic E-state index is -0.190. The molecule has 0 rings (SSSR count). The first kappa shape index (κ1) is 14.4. The van der Waals surface area contributed by atoms with Crippen molar-refractivity contribution in [1.82, 2.24) is 0 Å². The molecular weight excluding hydrogens is 192 g/mol. The van der Waals surface area contributed by atoms with Crippen LogP contribution in [-0.2, 0) is 9.53 Å². The van der Waals surface area contributed by atoms with Gasteiger partial charge in [0.15, 0.2) is 0 Å². The van der Waals surface area contributed by atoms with Crippen LogP contribution in [-0.4, -0.2) is 50.8 Å². The van der Waals surface area contributed by atoms with Gasteiger partial charge >= 0.3 is 5.97 Å². The van der Waals surface area contributed by atoms with E-state index in [1.165, 1.54) is 0 Å². The fourth-order valence-corrected chi connectivity index (χ4v) is 1.30. The molecule has 0 bridgehead atoms. The molecule has 0 saturated heterocycles. The summed E-state index contributed by atoms with van der Waals surface area (Å²) in [5, 5.41) is 0. The zero-order chi connectivity index (χ0) is 12.1. The predicted molar refractivity (Wildman–Crippen MR) is 61.3 cm³/mol. The molecule has 0 aliphatic rings. The van der Waals surface area contributed by atoms with E-state index in [1.807, 2.05) is 13.8 Å². The second kappa shape index (κ2) is 6.08. The minimum Gasteiger partial charge on any atom is -0.465 e. The van der Waals surface area contributed by atoms with E-state index in [4.69, 9.17) is 10.5 Å². The maximum Gasteiger partial charge on any atom is 0.307 e. The van der Waals surface area contributed by atoms with Crippen molar-refractivity contribution >= 4 is 5.97 Å². The molecule has 0 heterocycles. The van der Waals surface area contributed by atoms with Crippen molar-refractivity contribution in [2.75, 3.05) is 34.3 Å². The van der Waals surface area contributed by atoms with E-state index in [-0.39, 0.29) is 12.0 Å². The quantitative estimate of drug-likeness (QED) is 0.524. The van der Waals surface area contributed by atoms with Crippen molar-refractivity contribution in [2.45, 2.75) is 26.3 Å². The van der Waals surface area contributed by atoms with Crippen molar-refractivity contribution in [2.24, 2.45) is 11.7 Å². The van der Waals surface area contributed by atoms with Crippen molar-refractivity contribution in [3.8, 4) is 0 Å². The Balaban J connectivity index is 3.77. The van der Waals surface area contributed by atoms with E-state index in [1.54, 1.807) is 0 Å². The Hall–Kier alpha value is -0.610. The average Bonchev–Trinajstić information content (AvgIpc) is 1.96. The van der Waals surface area contributed by atoms with Crippen LogP contribution in [0.3, 0.4) is 0 Å². The smallest absolute Gasteiger partial charge is 0.307 e. The predicted octanol–water partition coefficient (Wildman–Crippen LogP) is 0.609. The van der Waals surface area contributed by atoms with Crippen LogP contribution < -0.4 is 5.73 Å². The fraction of sp³-hybridized carbons (Fsp3) is 0.909. The number of carbonyl (C=O) groups excluding carboxylic acids is 1. The van der Waals surface area contributed by atoms with Crippen LogP contribution in [0.4, 0.5) is 0 Å². The normalized spacial score (nSPS) is 14.1. The largest absolute Gasteiger partial charge is 0.465 e. The highest BCUT2D eigenvalue weighted by Crippen LogP contribution is 2.00. The zero-order valence-electron chi connectivity index (χ0n) is 10.6. The van der Waals surface area contributed by atoms with Gasteiger partial charge in [-0.25, -0.2) is 0 Å². The highest BCUT2D eigenvalue weighted by Gasteiger charge is 2.18. The molecule has 0 aliphatic heterocycles. The van der Waals surface area contributed by atoms with Gasteiger partial charge in [0.2, 0.25) is 0 Å². The third-order valence-electron chi connectivity index (χ3n) is 1.79. The molecule has 0 amide bonds. The van der Waals surface area contributed by atoms with Crippen LogP contribution in [0.1, 0.15) is 20.3 Å². The van der Waals surface area contributed by atoms with Gasteiger partial charge in [0.05, 0.1) is 46.8 Å². The molecule has 15 heavy (non-hydrogen) atoms. The van der Waals surface area contributed by atoms with E-state index in [0.29, 0.717) is 18.9 Å². The number of hydrogen-bond acceptors (Lipinski definition) is 3. The van der Waals surface area contributed by atoms with Crippen LogP contribution in [0.15, 0.2) is 0 Å². The van der Waals surface area contributed by atoms with Gasteiger partial charge in [0.1, 0.15) is 0 Å². The van der Waals surface area contributed by atoms with Crippen LogP contribution >= 0.6 is 0 Å². The standard InChI is InChI=1S/C11H25N2O2/c1-9(2)8-15-11(14)6-10(12)7-13(3,4)5/h9-10H,6-8,12H2,1-5H3/q+1/t10-/m1/s1. The van der Waals surface area contributed by atoms with Crippen molar-refractivity contribution < 1.29 is 14.0 Å². The molecule has 0 radical (unpaired) electrons. The van der Waals surface area contributed by atoms with Gasteiger partial charge in [-0.15, -0.1) is 0 Å². The lowest BCUT2D eigenvalue weighted by Gasteiger charge is -2.26. The molecule has 4 heteroatoms. The van der Waals surface area contributed by atoms with Crippen LogP contribution in [0.2, 0.25) is 0 Å². The topological polar surface area (TPSA) is 52.3 Å². The summed E-state index contributed by atoms with van der Waals surface area (Å²) in [6.45, 7) is 5.28. The maximum atomic E-state index is 11.3. The summed E-state index contributed by atoms with van der Waals surface area (Å²) in [5.74, 6) is 0.188.